The smallest absolute Gasteiger partial charge is 0.0701 e. The SMILES string of the molecule is OCCn1cc(CNc2ccccc2CO)cn1. The number of aliphatic hydroxyl groups excluding tert-OH is 2. The van der Waals surface area contributed by atoms with Crippen LogP contribution in [0.15, 0.2) is 36.7 Å². The summed E-state index contributed by atoms with van der Waals surface area (Å²) in [5.74, 6) is 0. The molecule has 0 atom stereocenters. The zero-order chi connectivity index (χ0) is 12.8. The monoisotopic (exact) mass is 247 g/mol. The molecule has 96 valence electrons. The average Bonchev–Trinajstić information content (AvgIpc) is 2.85. The van der Waals surface area contributed by atoms with Crippen molar-refractivity contribution in [3.63, 3.8) is 0 Å². The molecule has 1 aromatic carbocycles. The summed E-state index contributed by atoms with van der Waals surface area (Å²) in [6.07, 6.45) is 3.66. The molecule has 0 saturated heterocycles. The van der Waals surface area contributed by atoms with Crippen LogP contribution in [0, 0.1) is 0 Å². The maximum absolute atomic E-state index is 9.21. The van der Waals surface area contributed by atoms with Gasteiger partial charge in [0.15, 0.2) is 0 Å². The van der Waals surface area contributed by atoms with Crippen molar-refractivity contribution in [2.75, 3.05) is 11.9 Å². The van der Waals surface area contributed by atoms with Gasteiger partial charge in [0.25, 0.3) is 0 Å². The third-order valence-electron chi connectivity index (χ3n) is 2.69. The topological polar surface area (TPSA) is 70.3 Å². The zero-order valence-corrected chi connectivity index (χ0v) is 10.1. The quantitative estimate of drug-likeness (QED) is 0.711. The van der Waals surface area contributed by atoms with Gasteiger partial charge in [-0.15, -0.1) is 0 Å². The molecule has 1 heterocycles. The standard InChI is InChI=1S/C13H17N3O2/c17-6-5-16-9-11(8-15-16)7-14-13-4-2-1-3-12(13)10-18/h1-4,8-9,14,17-18H,5-7,10H2. The average molecular weight is 247 g/mol. The Labute approximate surface area is 106 Å². The first-order valence-corrected chi connectivity index (χ1v) is 5.88. The summed E-state index contributed by atoms with van der Waals surface area (Å²) in [4.78, 5) is 0. The van der Waals surface area contributed by atoms with E-state index in [1.165, 1.54) is 0 Å². The van der Waals surface area contributed by atoms with Crippen LogP contribution in [-0.2, 0) is 19.7 Å². The Morgan fingerprint density at radius 2 is 2.06 bits per heavy atom. The van der Waals surface area contributed by atoms with Crippen LogP contribution < -0.4 is 5.32 Å². The van der Waals surface area contributed by atoms with E-state index in [1.807, 2.05) is 30.5 Å². The van der Waals surface area contributed by atoms with Crippen LogP contribution in [-0.4, -0.2) is 26.6 Å². The van der Waals surface area contributed by atoms with Gasteiger partial charge in [-0.3, -0.25) is 4.68 Å². The Balaban J connectivity index is 1.97. The van der Waals surface area contributed by atoms with Crippen molar-refractivity contribution >= 4 is 5.69 Å². The van der Waals surface area contributed by atoms with Gasteiger partial charge in [-0.25, -0.2) is 0 Å². The lowest BCUT2D eigenvalue weighted by molar-refractivity contribution is 0.269. The van der Waals surface area contributed by atoms with Crippen molar-refractivity contribution in [3.8, 4) is 0 Å². The Kier molecular flexibility index (Phi) is 4.33. The van der Waals surface area contributed by atoms with Crippen LogP contribution in [0.2, 0.25) is 0 Å². The number of aliphatic hydroxyl groups is 2. The van der Waals surface area contributed by atoms with Gasteiger partial charge in [0.05, 0.1) is 26.0 Å². The summed E-state index contributed by atoms with van der Waals surface area (Å²) < 4.78 is 1.70. The predicted molar refractivity (Wildman–Crippen MR) is 69.0 cm³/mol. The summed E-state index contributed by atoms with van der Waals surface area (Å²) in [5.41, 5.74) is 2.84. The molecule has 0 amide bonds. The molecule has 0 aliphatic carbocycles. The molecule has 5 heteroatoms. The van der Waals surface area contributed by atoms with Gasteiger partial charge in [-0.05, 0) is 6.07 Å². The van der Waals surface area contributed by atoms with Crippen molar-refractivity contribution in [1.29, 1.82) is 0 Å². The minimum Gasteiger partial charge on any atom is -0.394 e. The largest absolute Gasteiger partial charge is 0.394 e. The minimum atomic E-state index is 0.0208. The lowest BCUT2D eigenvalue weighted by Gasteiger charge is -2.09. The van der Waals surface area contributed by atoms with Gasteiger partial charge < -0.3 is 15.5 Å². The molecule has 0 aliphatic rings. The normalized spacial score (nSPS) is 10.6. The summed E-state index contributed by atoms with van der Waals surface area (Å²) in [5, 5.41) is 25.4. The maximum Gasteiger partial charge on any atom is 0.0701 e. The van der Waals surface area contributed by atoms with Gasteiger partial charge in [-0.2, -0.15) is 5.10 Å². The number of para-hydroxylation sites is 1. The Bertz CT molecular complexity index is 496. The summed E-state index contributed by atoms with van der Waals surface area (Å²) in [7, 11) is 0. The zero-order valence-electron chi connectivity index (χ0n) is 10.1. The van der Waals surface area contributed by atoms with E-state index in [2.05, 4.69) is 10.4 Å². The second-order valence-electron chi connectivity index (χ2n) is 4.00. The molecule has 2 rings (SSSR count). The molecule has 5 nitrogen and oxygen atoms in total. The molecule has 0 saturated carbocycles. The fraction of sp³-hybridized carbons (Fsp3) is 0.308. The molecule has 3 N–H and O–H groups in total. The molecule has 0 fully saturated rings. The van der Waals surface area contributed by atoms with E-state index in [-0.39, 0.29) is 13.2 Å². The number of benzene rings is 1. The summed E-state index contributed by atoms with van der Waals surface area (Å²) >= 11 is 0. The van der Waals surface area contributed by atoms with Crippen LogP contribution in [0.3, 0.4) is 0 Å². The number of hydrogen-bond acceptors (Lipinski definition) is 4. The first-order valence-electron chi connectivity index (χ1n) is 5.88. The van der Waals surface area contributed by atoms with Gasteiger partial charge in [0, 0.05) is 29.6 Å². The molecule has 18 heavy (non-hydrogen) atoms. The number of aromatic nitrogens is 2. The van der Waals surface area contributed by atoms with Crippen molar-refractivity contribution in [2.45, 2.75) is 19.7 Å². The lowest BCUT2D eigenvalue weighted by Crippen LogP contribution is -2.03. The van der Waals surface area contributed by atoms with Crippen LogP contribution in [0.1, 0.15) is 11.1 Å². The highest BCUT2D eigenvalue weighted by Crippen LogP contribution is 2.15. The molecule has 0 spiro atoms. The van der Waals surface area contributed by atoms with Crippen LogP contribution in [0.25, 0.3) is 0 Å². The molecule has 1 aromatic heterocycles. The number of nitrogens with zero attached hydrogens (tertiary/aromatic N) is 2. The fourth-order valence-corrected chi connectivity index (χ4v) is 1.75. The lowest BCUT2D eigenvalue weighted by atomic mass is 10.2. The number of anilines is 1. The van der Waals surface area contributed by atoms with Crippen molar-refractivity contribution in [2.24, 2.45) is 0 Å². The molecule has 0 bridgehead atoms. The highest BCUT2D eigenvalue weighted by atomic mass is 16.3. The second kappa shape index (κ2) is 6.18. The maximum atomic E-state index is 9.21. The van der Waals surface area contributed by atoms with E-state index in [1.54, 1.807) is 10.9 Å². The van der Waals surface area contributed by atoms with Crippen LogP contribution in [0.4, 0.5) is 5.69 Å². The van der Waals surface area contributed by atoms with Crippen molar-refractivity contribution in [1.82, 2.24) is 9.78 Å². The van der Waals surface area contributed by atoms with Gasteiger partial charge in [0.2, 0.25) is 0 Å². The van der Waals surface area contributed by atoms with E-state index < -0.39 is 0 Å². The first-order chi connectivity index (χ1) is 8.83. The number of rotatable bonds is 6. The van der Waals surface area contributed by atoms with Crippen LogP contribution in [0.5, 0.6) is 0 Å². The van der Waals surface area contributed by atoms with E-state index in [4.69, 9.17) is 5.11 Å². The van der Waals surface area contributed by atoms with Crippen molar-refractivity contribution < 1.29 is 10.2 Å². The fourth-order valence-electron chi connectivity index (χ4n) is 1.75. The van der Waals surface area contributed by atoms with Gasteiger partial charge in [-0.1, -0.05) is 18.2 Å². The van der Waals surface area contributed by atoms with Gasteiger partial charge >= 0.3 is 0 Å². The Morgan fingerprint density at radius 3 is 2.83 bits per heavy atom. The molecule has 0 unspecified atom stereocenters. The predicted octanol–water partition coefficient (Wildman–Crippen LogP) is 0.980. The van der Waals surface area contributed by atoms with E-state index >= 15 is 0 Å². The molecular formula is C13H17N3O2. The van der Waals surface area contributed by atoms with Crippen molar-refractivity contribution in [3.05, 3.63) is 47.8 Å². The molecule has 0 aliphatic heterocycles. The second-order valence-corrected chi connectivity index (χ2v) is 4.00. The highest BCUT2D eigenvalue weighted by molar-refractivity contribution is 5.50. The third-order valence-corrected chi connectivity index (χ3v) is 2.69. The minimum absolute atomic E-state index is 0.0208. The molecular weight excluding hydrogens is 230 g/mol. The highest BCUT2D eigenvalue weighted by Gasteiger charge is 2.01. The van der Waals surface area contributed by atoms with E-state index in [9.17, 15) is 5.11 Å². The van der Waals surface area contributed by atoms with E-state index in [0.29, 0.717) is 13.1 Å². The van der Waals surface area contributed by atoms with Crippen LogP contribution >= 0.6 is 0 Å². The van der Waals surface area contributed by atoms with Gasteiger partial charge in [0.1, 0.15) is 0 Å². The number of hydrogen-bond donors (Lipinski definition) is 3. The Hall–Kier alpha value is -1.85. The molecule has 2 aromatic rings. The number of nitrogens with one attached hydrogen (secondary N) is 1. The Morgan fingerprint density at radius 1 is 1.22 bits per heavy atom. The third kappa shape index (κ3) is 3.09. The van der Waals surface area contributed by atoms with E-state index in [0.717, 1.165) is 16.8 Å². The summed E-state index contributed by atoms with van der Waals surface area (Å²) in [6, 6.07) is 7.65. The summed E-state index contributed by atoms with van der Waals surface area (Å²) in [6.45, 7) is 1.25. The first kappa shape index (κ1) is 12.6. The molecule has 0 radical (unpaired) electrons.